The summed E-state index contributed by atoms with van der Waals surface area (Å²) < 4.78 is 26.7. The van der Waals surface area contributed by atoms with E-state index in [1.165, 1.54) is 55.7 Å². The zero-order chi connectivity index (χ0) is 46.7. The molecule has 0 fully saturated rings. The first-order chi connectivity index (χ1) is 34.1. The molecule has 1 atom stereocenters. The fourth-order valence-electron chi connectivity index (χ4n) is 12.2. The van der Waals surface area contributed by atoms with Gasteiger partial charge < -0.3 is 28.1 Å². The molecule has 7 heteroatoms. The Bertz CT molecular complexity index is 4060. The largest absolute Gasteiger partial charge is 0.489 e. The van der Waals surface area contributed by atoms with Crippen molar-refractivity contribution in [1.29, 1.82) is 0 Å². The van der Waals surface area contributed by atoms with Crippen LogP contribution in [0.5, 0.6) is 11.5 Å². The lowest BCUT2D eigenvalue weighted by Gasteiger charge is -2.45. The third-order valence-electron chi connectivity index (χ3n) is 15.5. The maximum absolute atomic E-state index is 7.31. The number of hydrogen-bond donors (Lipinski definition) is 0. The van der Waals surface area contributed by atoms with Gasteiger partial charge in [-0.25, -0.2) is 0 Å². The Morgan fingerprint density at radius 3 is 1.84 bits per heavy atom. The van der Waals surface area contributed by atoms with E-state index < -0.39 is 0 Å². The number of ether oxygens (including phenoxy) is 2. The average molecular weight is 907 g/mol. The van der Waals surface area contributed by atoms with E-state index in [9.17, 15) is 0 Å². The van der Waals surface area contributed by atoms with Crippen LogP contribution in [0.2, 0.25) is 0 Å². The summed E-state index contributed by atoms with van der Waals surface area (Å²) in [6.45, 7) is 11.9. The molecule has 0 N–H and O–H groups in total. The summed E-state index contributed by atoms with van der Waals surface area (Å²) >= 11 is 0. The van der Waals surface area contributed by atoms with Crippen molar-refractivity contribution < 1.29 is 18.3 Å². The summed E-state index contributed by atoms with van der Waals surface area (Å²) in [5.41, 5.74) is 23.5. The van der Waals surface area contributed by atoms with Crippen LogP contribution in [-0.2, 0) is 5.41 Å². The maximum Gasteiger partial charge on any atom is 0.252 e. The molecule has 11 aromatic rings. The third kappa shape index (κ3) is 5.63. The lowest BCUT2D eigenvalue weighted by atomic mass is 9.33. The highest BCUT2D eigenvalue weighted by Crippen LogP contribution is 2.56. The first-order valence-electron chi connectivity index (χ1n) is 24.6. The second-order valence-corrected chi connectivity index (χ2v) is 20.8. The molecular formula is C63H47BN2O4. The summed E-state index contributed by atoms with van der Waals surface area (Å²) in [4.78, 5) is 5.04. The SMILES string of the molecule is Cc1cc2c3c(c1)N1c4c(C)cc(C(C)(C)C)cc4C4CCOc5ccc(c1c5O4)B3c1cc(-c3ccc4c(c3)oc3ccccc34)ccc1N2c1ccc(-c2ccc3c(c2)oc2ccccc23)cc1. The monoisotopic (exact) mass is 906 g/mol. The molecule has 0 radical (unpaired) electrons. The second kappa shape index (κ2) is 14.2. The molecule has 0 saturated carbocycles. The van der Waals surface area contributed by atoms with Crippen LogP contribution in [0.15, 0.2) is 173 Å². The zero-order valence-corrected chi connectivity index (χ0v) is 39.7. The van der Waals surface area contributed by atoms with Gasteiger partial charge in [-0.15, -0.1) is 0 Å². The number of fused-ring (bicyclic) bond motifs is 14. The molecule has 0 aliphatic carbocycles. The van der Waals surface area contributed by atoms with E-state index in [1.807, 2.05) is 24.3 Å². The van der Waals surface area contributed by atoms with E-state index in [1.54, 1.807) is 0 Å². The summed E-state index contributed by atoms with van der Waals surface area (Å²) in [6.07, 6.45) is 0.588. The number of benzene rings is 9. The van der Waals surface area contributed by atoms with Crippen molar-refractivity contribution in [2.45, 2.75) is 52.6 Å². The van der Waals surface area contributed by atoms with E-state index in [-0.39, 0.29) is 18.2 Å². The van der Waals surface area contributed by atoms with Crippen molar-refractivity contribution in [2.24, 2.45) is 0 Å². The van der Waals surface area contributed by atoms with E-state index in [2.05, 4.69) is 184 Å². The van der Waals surface area contributed by atoms with Gasteiger partial charge >= 0.3 is 0 Å². The van der Waals surface area contributed by atoms with Gasteiger partial charge in [0.15, 0.2) is 11.5 Å². The fraction of sp³-hybridized carbons (Fsp3) is 0.143. The standard InChI is InChI=1S/C63H47BN2O4/c1-35-28-51-59-52(29-35)66-60-36(2)30-41(63(3,4)5)34-47(60)55-26-27-67-56-25-23-48(61(66)62(56)70-55)64(59)49-31-38(40-17-22-46-44-11-7-9-13-54(44)69-58(46)33-40)18-24-50(49)65(51)42-19-14-37(15-20-42)39-16-21-45-43-10-6-8-12-53(43)68-57(45)32-39/h6-25,28-34,55H,26-27H2,1-5H3. The predicted molar refractivity (Wildman–Crippen MR) is 288 cm³/mol. The van der Waals surface area contributed by atoms with Gasteiger partial charge in [-0.05, 0) is 153 Å². The molecule has 0 saturated heterocycles. The maximum atomic E-state index is 7.31. The number of para-hydroxylation sites is 2. The fourth-order valence-corrected chi connectivity index (χ4v) is 12.2. The quantitative estimate of drug-likeness (QED) is 0.165. The molecule has 2 aromatic heterocycles. The highest BCUT2D eigenvalue weighted by molar-refractivity contribution is 7.00. The van der Waals surface area contributed by atoms with Crippen LogP contribution in [0.4, 0.5) is 34.1 Å². The van der Waals surface area contributed by atoms with Crippen LogP contribution in [0.25, 0.3) is 66.1 Å². The van der Waals surface area contributed by atoms with Crippen LogP contribution < -0.4 is 35.7 Å². The minimum Gasteiger partial charge on any atom is -0.489 e. The third-order valence-corrected chi connectivity index (χ3v) is 15.5. The first-order valence-corrected chi connectivity index (χ1v) is 24.6. The average Bonchev–Trinajstić information content (AvgIpc) is 3.79. The highest BCUT2D eigenvalue weighted by Gasteiger charge is 2.48. The second-order valence-electron chi connectivity index (χ2n) is 20.8. The summed E-state index contributed by atoms with van der Waals surface area (Å²) in [5.74, 6) is 1.63. The first kappa shape index (κ1) is 39.8. The smallest absolute Gasteiger partial charge is 0.252 e. The van der Waals surface area contributed by atoms with Gasteiger partial charge in [0.1, 0.15) is 28.4 Å². The van der Waals surface area contributed by atoms with E-state index in [0.717, 1.165) is 101 Å². The Morgan fingerprint density at radius 2 is 1.14 bits per heavy atom. The van der Waals surface area contributed by atoms with E-state index in [0.29, 0.717) is 6.61 Å². The molecule has 70 heavy (non-hydrogen) atoms. The molecular weight excluding hydrogens is 860 g/mol. The topological polar surface area (TPSA) is 51.2 Å². The van der Waals surface area contributed by atoms with Gasteiger partial charge in [-0.3, -0.25) is 0 Å². The van der Waals surface area contributed by atoms with Crippen LogP contribution in [0.3, 0.4) is 0 Å². The number of anilines is 6. The van der Waals surface area contributed by atoms with Gasteiger partial charge in [0, 0.05) is 56.3 Å². The molecule has 15 rings (SSSR count). The van der Waals surface area contributed by atoms with Crippen LogP contribution >= 0.6 is 0 Å². The number of nitrogens with zero attached hydrogens (tertiary/aromatic N) is 2. The molecule has 2 bridgehead atoms. The van der Waals surface area contributed by atoms with Crippen molar-refractivity contribution in [2.75, 3.05) is 16.4 Å². The minimum absolute atomic E-state index is 0.0431. The Hall–Kier alpha value is -8.16. The highest BCUT2D eigenvalue weighted by atomic mass is 16.5. The summed E-state index contributed by atoms with van der Waals surface area (Å²) in [7, 11) is 0. The minimum atomic E-state index is -0.166. The predicted octanol–water partition coefficient (Wildman–Crippen LogP) is 15.0. The van der Waals surface area contributed by atoms with Crippen molar-refractivity contribution >= 4 is 101 Å². The Balaban J connectivity index is 0.963. The zero-order valence-electron chi connectivity index (χ0n) is 39.7. The van der Waals surface area contributed by atoms with Gasteiger partial charge in [-0.2, -0.15) is 0 Å². The molecule has 0 amide bonds. The van der Waals surface area contributed by atoms with Gasteiger partial charge in [-0.1, -0.05) is 106 Å². The van der Waals surface area contributed by atoms with Crippen molar-refractivity contribution in [3.8, 4) is 33.8 Å². The molecule has 6 heterocycles. The molecule has 4 aliphatic rings. The molecule has 6 nitrogen and oxygen atoms in total. The molecule has 9 aromatic carbocycles. The Labute approximate surface area is 406 Å². The van der Waals surface area contributed by atoms with Crippen LogP contribution in [-0.4, -0.2) is 13.3 Å². The van der Waals surface area contributed by atoms with Gasteiger partial charge in [0.25, 0.3) is 6.71 Å². The molecule has 336 valence electrons. The number of aryl methyl sites for hydroxylation is 2. The number of furan rings is 2. The molecule has 0 spiro atoms. The summed E-state index contributed by atoms with van der Waals surface area (Å²) in [5, 5.41) is 4.52. The molecule has 4 aliphatic heterocycles. The van der Waals surface area contributed by atoms with E-state index in [4.69, 9.17) is 18.3 Å². The van der Waals surface area contributed by atoms with Gasteiger partial charge in [0.05, 0.1) is 18.0 Å². The number of rotatable bonds is 3. The Kier molecular flexibility index (Phi) is 8.08. The van der Waals surface area contributed by atoms with Crippen LogP contribution in [0.1, 0.15) is 55.5 Å². The lowest BCUT2D eigenvalue weighted by molar-refractivity contribution is 0.197. The van der Waals surface area contributed by atoms with Gasteiger partial charge in [0.2, 0.25) is 0 Å². The Morgan fingerprint density at radius 1 is 0.529 bits per heavy atom. The van der Waals surface area contributed by atoms with E-state index >= 15 is 0 Å². The number of hydrogen-bond acceptors (Lipinski definition) is 6. The molecule has 1 unspecified atom stereocenters. The van der Waals surface area contributed by atoms with Crippen molar-refractivity contribution in [3.63, 3.8) is 0 Å². The van der Waals surface area contributed by atoms with Crippen molar-refractivity contribution in [3.05, 3.63) is 186 Å². The normalized spacial score (nSPS) is 15.4. The van der Waals surface area contributed by atoms with Crippen LogP contribution in [0, 0.1) is 13.8 Å². The lowest BCUT2D eigenvalue weighted by Crippen LogP contribution is -2.61. The van der Waals surface area contributed by atoms with Crippen molar-refractivity contribution in [1.82, 2.24) is 0 Å². The summed E-state index contributed by atoms with van der Waals surface area (Å²) in [6, 6.07) is 60.0.